The number of hydrogen-bond donors (Lipinski definition) is 0. The average molecular weight is 213 g/mol. The Hall–Kier alpha value is -0.401. The molecule has 2 aliphatic rings. The van der Waals surface area contributed by atoms with Crippen LogP contribution in [0.25, 0.3) is 0 Å². The van der Waals surface area contributed by atoms with Gasteiger partial charge in [0.2, 0.25) is 0 Å². The summed E-state index contributed by atoms with van der Waals surface area (Å²) in [6.07, 6.45) is 3.61. The number of nitrogens with zero attached hydrogens (tertiary/aromatic N) is 2. The van der Waals surface area contributed by atoms with Gasteiger partial charge in [0.15, 0.2) is 0 Å². The number of hydrogen-bond acceptors (Lipinski definition) is 2. The van der Waals surface area contributed by atoms with E-state index in [1.807, 2.05) is 6.21 Å². The monoisotopic (exact) mass is 214 g/mol. The summed E-state index contributed by atoms with van der Waals surface area (Å²) in [6, 6.07) is 0.389. The van der Waals surface area contributed by atoms with E-state index in [-0.39, 0.29) is 0 Å². The predicted octanol–water partition coefficient (Wildman–Crippen LogP) is 1.27. The Kier molecular flexibility index (Phi) is 1.70. The van der Waals surface area contributed by atoms with Crippen LogP contribution in [0.1, 0.15) is 13.8 Å². The van der Waals surface area contributed by atoms with Crippen LogP contribution in [0.15, 0.2) is 20.2 Å². The quantitative estimate of drug-likeness (QED) is 0.541. The minimum absolute atomic E-state index is 0.389. The summed E-state index contributed by atoms with van der Waals surface area (Å²) in [5.41, 5.74) is 1.24. The van der Waals surface area contributed by atoms with Gasteiger partial charge in [-0.05, 0) is 0 Å². The van der Waals surface area contributed by atoms with Gasteiger partial charge in [0.05, 0.1) is 0 Å². The minimum atomic E-state index is 0.389. The molecule has 0 aliphatic carbocycles. The van der Waals surface area contributed by atoms with Gasteiger partial charge >= 0.3 is 72.2 Å². The molecule has 2 heterocycles. The first-order chi connectivity index (χ1) is 5.29. The third-order valence-corrected chi connectivity index (χ3v) is 4.48. The van der Waals surface area contributed by atoms with Crippen LogP contribution in [0.2, 0.25) is 4.82 Å². The van der Waals surface area contributed by atoms with E-state index < -0.39 is 0 Å². The van der Waals surface area contributed by atoms with Gasteiger partial charge in [-0.2, -0.15) is 0 Å². The van der Waals surface area contributed by atoms with E-state index in [9.17, 15) is 0 Å². The van der Waals surface area contributed by atoms with Crippen LogP contribution in [0, 0.1) is 0 Å². The van der Waals surface area contributed by atoms with E-state index in [1.165, 1.54) is 10.2 Å². The zero-order valence-electron chi connectivity index (χ0n) is 6.61. The maximum absolute atomic E-state index is 4.41. The average Bonchev–Trinajstić information content (AvgIpc) is 2.30. The van der Waals surface area contributed by atoms with Gasteiger partial charge in [0, 0.05) is 0 Å². The van der Waals surface area contributed by atoms with Crippen LogP contribution >= 0.6 is 0 Å². The SMILES string of the molecule is CC1=C2N=CC=NC2C(C)[Se]1. The van der Waals surface area contributed by atoms with E-state index in [4.69, 9.17) is 0 Å². The van der Waals surface area contributed by atoms with Crippen molar-refractivity contribution in [3.8, 4) is 0 Å². The molecule has 0 saturated carbocycles. The van der Waals surface area contributed by atoms with Crippen molar-refractivity contribution < 1.29 is 0 Å². The molecule has 2 unspecified atom stereocenters. The summed E-state index contributed by atoms with van der Waals surface area (Å²) in [7, 11) is 0. The molecule has 3 heteroatoms. The van der Waals surface area contributed by atoms with Gasteiger partial charge < -0.3 is 0 Å². The van der Waals surface area contributed by atoms with E-state index in [0.717, 1.165) is 0 Å². The summed E-state index contributed by atoms with van der Waals surface area (Å²) in [6.45, 7) is 4.45. The van der Waals surface area contributed by atoms with Crippen molar-refractivity contribution in [3.63, 3.8) is 0 Å². The first-order valence-electron chi connectivity index (χ1n) is 3.72. The van der Waals surface area contributed by atoms with E-state index in [2.05, 4.69) is 23.8 Å². The molecule has 2 aliphatic heterocycles. The Balaban J connectivity index is 2.38. The third-order valence-electron chi connectivity index (χ3n) is 1.98. The van der Waals surface area contributed by atoms with E-state index in [1.54, 1.807) is 6.21 Å². The fourth-order valence-electron chi connectivity index (χ4n) is 1.44. The van der Waals surface area contributed by atoms with Gasteiger partial charge in [0.1, 0.15) is 0 Å². The van der Waals surface area contributed by atoms with Crippen LogP contribution in [0.5, 0.6) is 0 Å². The number of allylic oxidation sites excluding steroid dienone is 1. The Morgan fingerprint density at radius 2 is 2.27 bits per heavy atom. The van der Waals surface area contributed by atoms with Crippen LogP contribution in [0.4, 0.5) is 0 Å². The number of aliphatic imine (C=N–C) groups is 2. The van der Waals surface area contributed by atoms with Gasteiger partial charge in [-0.25, -0.2) is 0 Å². The second kappa shape index (κ2) is 2.58. The van der Waals surface area contributed by atoms with E-state index in [0.29, 0.717) is 25.8 Å². The normalized spacial score (nSPS) is 34.7. The number of fused-ring (bicyclic) bond motifs is 1. The number of rotatable bonds is 0. The molecule has 0 saturated heterocycles. The molecule has 2 atom stereocenters. The zero-order chi connectivity index (χ0) is 7.84. The molecule has 11 heavy (non-hydrogen) atoms. The van der Waals surface area contributed by atoms with Gasteiger partial charge in [-0.15, -0.1) is 0 Å². The first-order valence-corrected chi connectivity index (χ1v) is 5.57. The van der Waals surface area contributed by atoms with Crippen molar-refractivity contribution in [2.75, 3.05) is 0 Å². The molecule has 0 aromatic heterocycles. The van der Waals surface area contributed by atoms with Crippen molar-refractivity contribution in [1.29, 1.82) is 0 Å². The van der Waals surface area contributed by atoms with Crippen molar-refractivity contribution in [1.82, 2.24) is 0 Å². The molecular formula is C8H10N2Se. The summed E-state index contributed by atoms with van der Waals surface area (Å²) in [5.74, 6) is 0. The molecule has 58 valence electrons. The van der Waals surface area contributed by atoms with Crippen LogP contribution in [-0.4, -0.2) is 33.4 Å². The third kappa shape index (κ3) is 1.09. The fourth-order valence-corrected chi connectivity index (χ4v) is 3.91. The molecule has 0 aromatic rings. The summed E-state index contributed by atoms with van der Waals surface area (Å²) >= 11 is 0.624. The summed E-state index contributed by atoms with van der Waals surface area (Å²) in [4.78, 5) is 9.46. The Labute approximate surface area is 72.7 Å². The van der Waals surface area contributed by atoms with Gasteiger partial charge in [-0.3, -0.25) is 0 Å². The van der Waals surface area contributed by atoms with Crippen molar-refractivity contribution in [3.05, 3.63) is 10.2 Å². The Morgan fingerprint density at radius 3 is 3.00 bits per heavy atom. The second-order valence-corrected chi connectivity index (χ2v) is 6.12. The standard InChI is InChI=1S/C8H10N2Se/c1-5-7-8(6(2)11-5)10-4-3-9-7/h3-5,7H,1-2H3. The van der Waals surface area contributed by atoms with Crippen LogP contribution < -0.4 is 0 Å². The van der Waals surface area contributed by atoms with Crippen molar-refractivity contribution in [2.24, 2.45) is 9.98 Å². The maximum atomic E-state index is 4.41. The summed E-state index contributed by atoms with van der Waals surface area (Å²) in [5, 5.41) is 0. The van der Waals surface area contributed by atoms with Crippen molar-refractivity contribution in [2.45, 2.75) is 24.7 Å². The molecule has 2 rings (SSSR count). The Bertz CT molecular complexity index is 265. The zero-order valence-corrected chi connectivity index (χ0v) is 8.33. The molecule has 0 bridgehead atoms. The fraction of sp³-hybridized carbons (Fsp3) is 0.500. The van der Waals surface area contributed by atoms with Crippen LogP contribution in [0.3, 0.4) is 0 Å². The van der Waals surface area contributed by atoms with Gasteiger partial charge in [-0.1, -0.05) is 0 Å². The van der Waals surface area contributed by atoms with Crippen LogP contribution in [-0.2, 0) is 0 Å². The van der Waals surface area contributed by atoms with E-state index >= 15 is 0 Å². The molecule has 0 fully saturated rings. The van der Waals surface area contributed by atoms with Gasteiger partial charge in [0.25, 0.3) is 0 Å². The molecule has 0 amide bonds. The molecule has 0 radical (unpaired) electrons. The first kappa shape index (κ1) is 7.26. The topological polar surface area (TPSA) is 24.7 Å². The Morgan fingerprint density at radius 1 is 1.45 bits per heavy atom. The molecule has 0 aromatic carbocycles. The molecule has 0 spiro atoms. The molecule has 0 N–H and O–H groups in total. The second-order valence-electron chi connectivity index (χ2n) is 2.79. The molecule has 2 nitrogen and oxygen atoms in total. The van der Waals surface area contributed by atoms with Crippen molar-refractivity contribution >= 4 is 27.4 Å². The molecular weight excluding hydrogens is 203 g/mol. The predicted molar refractivity (Wildman–Crippen MR) is 48.7 cm³/mol. The summed E-state index contributed by atoms with van der Waals surface area (Å²) < 4.78 is 1.48.